The van der Waals surface area contributed by atoms with E-state index in [4.69, 9.17) is 4.74 Å². The molecule has 2 aromatic rings. The fourth-order valence-corrected chi connectivity index (χ4v) is 3.02. The Labute approximate surface area is 108 Å². The van der Waals surface area contributed by atoms with Crippen LogP contribution >= 0.6 is 0 Å². The fraction of sp³-hybridized carbons (Fsp3) is 0.294. The summed E-state index contributed by atoms with van der Waals surface area (Å²) in [6.07, 6.45) is 0. The molecule has 0 aliphatic heterocycles. The van der Waals surface area contributed by atoms with Crippen molar-refractivity contribution in [1.82, 2.24) is 0 Å². The lowest BCUT2D eigenvalue weighted by molar-refractivity contribution is 0.185. The highest BCUT2D eigenvalue weighted by Crippen LogP contribution is 2.48. The average molecular weight is 238 g/mol. The molecule has 0 heterocycles. The molecule has 3 rings (SSSR count). The van der Waals surface area contributed by atoms with Crippen molar-refractivity contribution in [3.8, 4) is 11.1 Å². The van der Waals surface area contributed by atoms with Gasteiger partial charge in [0.25, 0.3) is 0 Å². The Morgan fingerprint density at radius 3 is 2.44 bits per heavy atom. The van der Waals surface area contributed by atoms with Gasteiger partial charge in [0.1, 0.15) is 0 Å². The number of ether oxygens (including phenoxy) is 1. The normalized spacial score (nSPS) is 15.3. The molecule has 0 amide bonds. The van der Waals surface area contributed by atoms with Gasteiger partial charge in [-0.1, -0.05) is 50.2 Å². The minimum atomic E-state index is 0.109. The first-order valence-corrected chi connectivity index (χ1v) is 6.37. The fourth-order valence-electron chi connectivity index (χ4n) is 3.02. The zero-order valence-corrected chi connectivity index (χ0v) is 11.2. The van der Waals surface area contributed by atoms with Crippen molar-refractivity contribution < 1.29 is 4.74 Å². The zero-order valence-electron chi connectivity index (χ0n) is 11.2. The van der Waals surface area contributed by atoms with Gasteiger partial charge in [0.05, 0.1) is 6.61 Å². The summed E-state index contributed by atoms with van der Waals surface area (Å²) in [7, 11) is 1.74. The van der Waals surface area contributed by atoms with Gasteiger partial charge in [0.2, 0.25) is 0 Å². The number of rotatable bonds is 2. The molecule has 0 aromatic heterocycles. The Hall–Kier alpha value is -1.60. The van der Waals surface area contributed by atoms with Crippen molar-refractivity contribution >= 4 is 0 Å². The number of fused-ring (bicyclic) bond motifs is 3. The third-order valence-corrected chi connectivity index (χ3v) is 3.96. The highest BCUT2D eigenvalue weighted by molar-refractivity contribution is 5.80. The van der Waals surface area contributed by atoms with Gasteiger partial charge in [-0.2, -0.15) is 0 Å². The topological polar surface area (TPSA) is 9.23 Å². The van der Waals surface area contributed by atoms with Crippen LogP contribution in [0.3, 0.4) is 0 Å². The maximum Gasteiger partial charge on any atom is 0.0713 e. The molecular formula is C17H18O. The summed E-state index contributed by atoms with van der Waals surface area (Å²) in [6.45, 7) is 5.27. The smallest absolute Gasteiger partial charge is 0.0713 e. The molecule has 92 valence electrons. The quantitative estimate of drug-likeness (QED) is 0.764. The Morgan fingerprint density at radius 2 is 1.67 bits per heavy atom. The van der Waals surface area contributed by atoms with Crippen molar-refractivity contribution in [2.45, 2.75) is 25.9 Å². The summed E-state index contributed by atoms with van der Waals surface area (Å²) in [5.74, 6) is 0. The van der Waals surface area contributed by atoms with E-state index in [2.05, 4.69) is 56.3 Å². The first kappa shape index (κ1) is 11.5. The van der Waals surface area contributed by atoms with E-state index < -0.39 is 0 Å². The van der Waals surface area contributed by atoms with Gasteiger partial charge < -0.3 is 4.74 Å². The summed E-state index contributed by atoms with van der Waals surface area (Å²) >= 11 is 0. The molecule has 1 nitrogen and oxygen atoms in total. The molecule has 18 heavy (non-hydrogen) atoms. The number of hydrogen-bond donors (Lipinski definition) is 0. The largest absolute Gasteiger partial charge is 0.380 e. The second kappa shape index (κ2) is 3.96. The number of hydrogen-bond acceptors (Lipinski definition) is 1. The van der Waals surface area contributed by atoms with Crippen LogP contribution in [0.4, 0.5) is 0 Å². The number of benzene rings is 2. The van der Waals surface area contributed by atoms with Gasteiger partial charge in [-0.3, -0.25) is 0 Å². The lowest BCUT2D eigenvalue weighted by atomic mass is 9.82. The molecule has 0 unspecified atom stereocenters. The van der Waals surface area contributed by atoms with E-state index in [9.17, 15) is 0 Å². The van der Waals surface area contributed by atoms with Gasteiger partial charge >= 0.3 is 0 Å². The van der Waals surface area contributed by atoms with Crippen LogP contribution in [-0.4, -0.2) is 7.11 Å². The Kier molecular flexibility index (Phi) is 2.53. The van der Waals surface area contributed by atoms with E-state index >= 15 is 0 Å². The summed E-state index contributed by atoms with van der Waals surface area (Å²) in [5.41, 5.74) is 6.93. The van der Waals surface area contributed by atoms with Crippen molar-refractivity contribution in [1.29, 1.82) is 0 Å². The van der Waals surface area contributed by atoms with Crippen molar-refractivity contribution in [2.75, 3.05) is 7.11 Å². The van der Waals surface area contributed by atoms with Crippen LogP contribution in [0.15, 0.2) is 42.5 Å². The van der Waals surface area contributed by atoms with E-state index in [0.29, 0.717) is 6.61 Å². The zero-order chi connectivity index (χ0) is 12.8. The summed E-state index contributed by atoms with van der Waals surface area (Å²) in [4.78, 5) is 0. The molecule has 2 aromatic carbocycles. The highest BCUT2D eigenvalue weighted by atomic mass is 16.5. The van der Waals surface area contributed by atoms with E-state index in [1.165, 1.54) is 27.8 Å². The molecule has 1 aliphatic carbocycles. The van der Waals surface area contributed by atoms with Crippen molar-refractivity contribution in [2.24, 2.45) is 0 Å². The summed E-state index contributed by atoms with van der Waals surface area (Å²) in [6, 6.07) is 15.4. The minimum Gasteiger partial charge on any atom is -0.380 e. The summed E-state index contributed by atoms with van der Waals surface area (Å²) < 4.78 is 5.23. The highest BCUT2D eigenvalue weighted by Gasteiger charge is 2.34. The predicted octanol–water partition coefficient (Wildman–Crippen LogP) is 4.14. The van der Waals surface area contributed by atoms with Gasteiger partial charge in [0.15, 0.2) is 0 Å². The van der Waals surface area contributed by atoms with Crippen LogP contribution in [0.5, 0.6) is 0 Å². The van der Waals surface area contributed by atoms with E-state index in [-0.39, 0.29) is 5.41 Å². The first-order chi connectivity index (χ1) is 8.64. The monoisotopic (exact) mass is 238 g/mol. The van der Waals surface area contributed by atoms with Crippen LogP contribution in [-0.2, 0) is 16.8 Å². The maximum atomic E-state index is 5.23. The first-order valence-electron chi connectivity index (χ1n) is 6.37. The van der Waals surface area contributed by atoms with Crippen LogP contribution in [0.1, 0.15) is 30.5 Å². The third kappa shape index (κ3) is 1.51. The van der Waals surface area contributed by atoms with Gasteiger partial charge in [-0.25, -0.2) is 0 Å². The lowest BCUT2D eigenvalue weighted by Gasteiger charge is -2.21. The maximum absolute atomic E-state index is 5.23. The molecule has 0 radical (unpaired) electrons. The van der Waals surface area contributed by atoms with Crippen LogP contribution in [0, 0.1) is 0 Å². The lowest BCUT2D eigenvalue weighted by Crippen LogP contribution is -2.14. The van der Waals surface area contributed by atoms with E-state index in [0.717, 1.165) is 0 Å². The molecular weight excluding hydrogens is 220 g/mol. The molecule has 0 atom stereocenters. The molecule has 0 fully saturated rings. The Balaban J connectivity index is 2.23. The predicted molar refractivity (Wildman–Crippen MR) is 74.7 cm³/mol. The molecule has 0 bridgehead atoms. The Morgan fingerprint density at radius 1 is 0.944 bits per heavy atom. The molecule has 1 aliphatic rings. The van der Waals surface area contributed by atoms with Crippen LogP contribution in [0.2, 0.25) is 0 Å². The standard InChI is InChI=1S/C17H18O/c1-17(2)15-7-5-4-6-13(15)14-10-12(11-18-3)8-9-16(14)17/h4-10H,11H2,1-3H3. The second-order valence-electron chi connectivity index (χ2n) is 5.48. The molecule has 0 spiro atoms. The minimum absolute atomic E-state index is 0.109. The molecule has 0 saturated carbocycles. The van der Waals surface area contributed by atoms with Crippen LogP contribution < -0.4 is 0 Å². The number of methoxy groups -OCH3 is 1. The third-order valence-electron chi connectivity index (χ3n) is 3.96. The van der Waals surface area contributed by atoms with Crippen molar-refractivity contribution in [3.05, 3.63) is 59.2 Å². The second-order valence-corrected chi connectivity index (χ2v) is 5.48. The van der Waals surface area contributed by atoms with E-state index in [1.807, 2.05) is 0 Å². The van der Waals surface area contributed by atoms with Gasteiger partial charge in [-0.15, -0.1) is 0 Å². The SMILES string of the molecule is COCc1ccc2c(c1)-c1ccccc1C2(C)C. The molecule has 0 N–H and O–H groups in total. The Bertz CT molecular complexity index is 596. The molecule has 1 heteroatoms. The average Bonchev–Trinajstić information content (AvgIpc) is 2.60. The molecule has 0 saturated heterocycles. The van der Waals surface area contributed by atoms with E-state index in [1.54, 1.807) is 7.11 Å². The summed E-state index contributed by atoms with van der Waals surface area (Å²) in [5, 5.41) is 0. The van der Waals surface area contributed by atoms with Gasteiger partial charge in [0, 0.05) is 12.5 Å². The van der Waals surface area contributed by atoms with Crippen molar-refractivity contribution in [3.63, 3.8) is 0 Å². The van der Waals surface area contributed by atoms with Crippen LogP contribution in [0.25, 0.3) is 11.1 Å². The van der Waals surface area contributed by atoms with Gasteiger partial charge in [-0.05, 0) is 33.9 Å².